The third-order valence-corrected chi connectivity index (χ3v) is 3.24. The lowest BCUT2D eigenvalue weighted by Gasteiger charge is -2.13. The van der Waals surface area contributed by atoms with Crippen molar-refractivity contribution in [3.63, 3.8) is 0 Å². The fourth-order valence-electron chi connectivity index (χ4n) is 2.18. The van der Waals surface area contributed by atoms with Crippen LogP contribution in [0.5, 0.6) is 0 Å². The normalized spacial score (nSPS) is 21.4. The summed E-state index contributed by atoms with van der Waals surface area (Å²) >= 11 is 0. The van der Waals surface area contributed by atoms with Gasteiger partial charge in [0.15, 0.2) is 5.78 Å². The number of carbonyl (C=O) groups excluding carboxylic acids is 1. The van der Waals surface area contributed by atoms with Crippen LogP contribution in [0.3, 0.4) is 0 Å². The third-order valence-electron chi connectivity index (χ3n) is 3.24. The summed E-state index contributed by atoms with van der Waals surface area (Å²) in [5, 5.41) is 0. The van der Waals surface area contributed by atoms with Gasteiger partial charge >= 0.3 is 0 Å². The SMILES string of the molecule is N[C@@H](C(=O)CCC1CCCO1)c1ccccc1. The first kappa shape index (κ1) is 12.3. The number of hydrogen-bond donors (Lipinski definition) is 1. The minimum atomic E-state index is -0.488. The molecule has 1 aliphatic rings. The second-order valence-corrected chi connectivity index (χ2v) is 4.53. The highest BCUT2D eigenvalue weighted by Gasteiger charge is 2.20. The van der Waals surface area contributed by atoms with Gasteiger partial charge in [0.2, 0.25) is 0 Å². The van der Waals surface area contributed by atoms with E-state index in [2.05, 4.69) is 0 Å². The van der Waals surface area contributed by atoms with Crippen molar-refractivity contribution in [2.24, 2.45) is 5.73 Å². The van der Waals surface area contributed by atoms with Crippen LogP contribution >= 0.6 is 0 Å². The minimum absolute atomic E-state index is 0.103. The maximum absolute atomic E-state index is 11.9. The molecule has 0 bridgehead atoms. The van der Waals surface area contributed by atoms with Crippen molar-refractivity contribution in [1.29, 1.82) is 0 Å². The average Bonchev–Trinajstić information content (AvgIpc) is 2.89. The van der Waals surface area contributed by atoms with Gasteiger partial charge in [-0.15, -0.1) is 0 Å². The van der Waals surface area contributed by atoms with Crippen molar-refractivity contribution in [1.82, 2.24) is 0 Å². The molecule has 2 atom stereocenters. The number of carbonyl (C=O) groups is 1. The summed E-state index contributed by atoms with van der Waals surface area (Å²) in [6.07, 6.45) is 3.78. The monoisotopic (exact) mass is 233 g/mol. The Balaban J connectivity index is 1.83. The Morgan fingerprint density at radius 2 is 2.18 bits per heavy atom. The molecule has 1 heterocycles. The van der Waals surface area contributed by atoms with Crippen molar-refractivity contribution in [2.45, 2.75) is 37.8 Å². The molecular weight excluding hydrogens is 214 g/mol. The Morgan fingerprint density at radius 1 is 1.41 bits per heavy atom. The fraction of sp³-hybridized carbons (Fsp3) is 0.500. The first-order valence-electron chi connectivity index (χ1n) is 6.22. The van der Waals surface area contributed by atoms with Crippen LogP contribution < -0.4 is 5.73 Å². The van der Waals surface area contributed by atoms with E-state index in [9.17, 15) is 4.79 Å². The van der Waals surface area contributed by atoms with Crippen molar-refractivity contribution >= 4 is 5.78 Å². The van der Waals surface area contributed by atoms with Crippen LogP contribution in [-0.2, 0) is 9.53 Å². The topological polar surface area (TPSA) is 52.3 Å². The van der Waals surface area contributed by atoms with Crippen molar-refractivity contribution in [3.05, 3.63) is 35.9 Å². The number of Topliss-reactive ketones (excluding diaryl/α,β-unsaturated/α-hetero) is 1. The Labute approximate surface area is 102 Å². The molecule has 3 nitrogen and oxygen atoms in total. The van der Waals surface area contributed by atoms with E-state index >= 15 is 0 Å². The van der Waals surface area contributed by atoms with Crippen LogP contribution in [0.15, 0.2) is 30.3 Å². The van der Waals surface area contributed by atoms with Gasteiger partial charge in [-0.1, -0.05) is 30.3 Å². The van der Waals surface area contributed by atoms with Crippen LogP contribution in [0, 0.1) is 0 Å². The van der Waals surface area contributed by atoms with E-state index in [1.165, 1.54) is 0 Å². The molecule has 0 spiro atoms. The second kappa shape index (κ2) is 5.94. The molecule has 1 saturated heterocycles. The van der Waals surface area contributed by atoms with E-state index in [4.69, 9.17) is 10.5 Å². The van der Waals surface area contributed by atoms with Crippen molar-refractivity contribution in [2.75, 3.05) is 6.61 Å². The summed E-state index contributed by atoms with van der Waals surface area (Å²) < 4.78 is 5.50. The summed E-state index contributed by atoms with van der Waals surface area (Å²) in [6, 6.07) is 9.04. The largest absolute Gasteiger partial charge is 0.378 e. The summed E-state index contributed by atoms with van der Waals surface area (Å²) in [4.78, 5) is 11.9. The van der Waals surface area contributed by atoms with E-state index < -0.39 is 6.04 Å². The van der Waals surface area contributed by atoms with E-state index in [0.717, 1.165) is 31.4 Å². The molecule has 0 amide bonds. The molecule has 17 heavy (non-hydrogen) atoms. The maximum atomic E-state index is 11.9. The van der Waals surface area contributed by atoms with Gasteiger partial charge in [-0.25, -0.2) is 0 Å². The molecule has 3 heteroatoms. The predicted octanol–water partition coefficient (Wildman–Crippen LogP) is 2.21. The smallest absolute Gasteiger partial charge is 0.154 e. The Morgan fingerprint density at radius 3 is 2.82 bits per heavy atom. The molecule has 0 saturated carbocycles. The number of nitrogens with two attached hydrogens (primary N) is 1. The number of ketones is 1. The first-order chi connectivity index (χ1) is 8.27. The van der Waals surface area contributed by atoms with Gasteiger partial charge in [-0.05, 0) is 24.8 Å². The van der Waals surface area contributed by atoms with E-state index in [1.54, 1.807) is 0 Å². The summed E-state index contributed by atoms with van der Waals surface area (Å²) in [6.45, 7) is 0.837. The lowest BCUT2D eigenvalue weighted by molar-refractivity contribution is -0.121. The van der Waals surface area contributed by atoms with Crippen molar-refractivity contribution < 1.29 is 9.53 Å². The zero-order valence-corrected chi connectivity index (χ0v) is 9.97. The lowest BCUT2D eigenvalue weighted by Crippen LogP contribution is -2.22. The average molecular weight is 233 g/mol. The summed E-state index contributed by atoms with van der Waals surface area (Å²) in [5.74, 6) is 0.103. The van der Waals surface area contributed by atoms with E-state index in [0.29, 0.717) is 6.42 Å². The highest BCUT2D eigenvalue weighted by molar-refractivity contribution is 5.85. The van der Waals surface area contributed by atoms with Gasteiger partial charge in [-0.3, -0.25) is 4.79 Å². The summed E-state index contributed by atoms with van der Waals surface area (Å²) in [7, 11) is 0. The number of rotatable bonds is 5. The molecule has 1 fully saturated rings. The van der Waals surface area contributed by atoms with E-state index in [1.807, 2.05) is 30.3 Å². The molecule has 0 aromatic heterocycles. The number of benzene rings is 1. The van der Waals surface area contributed by atoms with Gasteiger partial charge in [-0.2, -0.15) is 0 Å². The number of hydrogen-bond acceptors (Lipinski definition) is 3. The molecular formula is C14H19NO2. The van der Waals surface area contributed by atoms with E-state index in [-0.39, 0.29) is 11.9 Å². The summed E-state index contributed by atoms with van der Waals surface area (Å²) in [5.41, 5.74) is 6.83. The van der Waals surface area contributed by atoms with Crippen LogP contribution in [0.1, 0.15) is 37.3 Å². The Hall–Kier alpha value is -1.19. The Kier molecular flexibility index (Phi) is 4.29. The van der Waals surface area contributed by atoms with Crippen LogP contribution in [0.4, 0.5) is 0 Å². The Bertz CT molecular complexity index is 358. The number of ether oxygens (including phenoxy) is 1. The lowest BCUT2D eigenvalue weighted by atomic mass is 9.99. The maximum Gasteiger partial charge on any atom is 0.154 e. The van der Waals surface area contributed by atoms with Crippen molar-refractivity contribution in [3.8, 4) is 0 Å². The molecule has 0 aliphatic carbocycles. The van der Waals surface area contributed by atoms with Gasteiger partial charge in [0.1, 0.15) is 0 Å². The molecule has 92 valence electrons. The molecule has 1 aromatic carbocycles. The van der Waals surface area contributed by atoms with Gasteiger partial charge in [0.05, 0.1) is 12.1 Å². The molecule has 1 unspecified atom stereocenters. The van der Waals surface area contributed by atoms with Crippen LogP contribution in [0.25, 0.3) is 0 Å². The molecule has 1 aromatic rings. The third kappa shape index (κ3) is 3.38. The van der Waals surface area contributed by atoms with Crippen LogP contribution in [0.2, 0.25) is 0 Å². The first-order valence-corrected chi connectivity index (χ1v) is 6.22. The highest BCUT2D eigenvalue weighted by Crippen LogP contribution is 2.19. The zero-order valence-electron chi connectivity index (χ0n) is 9.97. The fourth-order valence-corrected chi connectivity index (χ4v) is 2.18. The predicted molar refractivity (Wildman–Crippen MR) is 66.6 cm³/mol. The molecule has 2 N–H and O–H groups in total. The highest BCUT2D eigenvalue weighted by atomic mass is 16.5. The zero-order chi connectivity index (χ0) is 12.1. The quantitative estimate of drug-likeness (QED) is 0.848. The van der Waals surface area contributed by atoms with Gasteiger partial charge < -0.3 is 10.5 Å². The standard InChI is InChI=1S/C14H19NO2/c15-14(11-5-2-1-3-6-11)13(16)9-8-12-7-4-10-17-12/h1-3,5-6,12,14H,4,7-10,15H2/t12?,14-/m1/s1. The van der Waals surface area contributed by atoms with Gasteiger partial charge in [0, 0.05) is 13.0 Å². The molecule has 2 rings (SSSR count). The minimum Gasteiger partial charge on any atom is -0.378 e. The van der Waals surface area contributed by atoms with Crippen LogP contribution in [-0.4, -0.2) is 18.5 Å². The van der Waals surface area contributed by atoms with Gasteiger partial charge in [0.25, 0.3) is 0 Å². The molecule has 0 radical (unpaired) electrons. The second-order valence-electron chi connectivity index (χ2n) is 4.53. The molecule has 1 aliphatic heterocycles.